The molecule has 1 unspecified atom stereocenters. The van der Waals surface area contributed by atoms with Crippen molar-refractivity contribution in [1.82, 2.24) is 0 Å². The van der Waals surface area contributed by atoms with E-state index in [0.717, 1.165) is 12.6 Å². The van der Waals surface area contributed by atoms with E-state index in [1.165, 1.54) is 5.57 Å². The van der Waals surface area contributed by atoms with Crippen molar-refractivity contribution in [2.75, 3.05) is 0 Å². The molecule has 0 rings (SSSR count). The minimum Gasteiger partial charge on any atom is -0.385 e. The lowest BCUT2D eigenvalue weighted by molar-refractivity contribution is 0.128. The van der Waals surface area contributed by atoms with Crippen molar-refractivity contribution in [1.29, 1.82) is 5.41 Å². The molecule has 2 nitrogen and oxygen atoms in total. The molecule has 0 aliphatic rings. The highest BCUT2D eigenvalue weighted by molar-refractivity contribution is 5.63. The molecule has 0 aliphatic carbocycles. The largest absolute Gasteiger partial charge is 0.385 e. The Bertz CT molecular complexity index is 155. The van der Waals surface area contributed by atoms with Gasteiger partial charge in [-0.05, 0) is 33.6 Å². The van der Waals surface area contributed by atoms with Crippen LogP contribution in [0.5, 0.6) is 0 Å². The van der Waals surface area contributed by atoms with E-state index in [0.29, 0.717) is 6.42 Å². The van der Waals surface area contributed by atoms with Gasteiger partial charge in [-0.25, -0.2) is 0 Å². The fourth-order valence-electron chi connectivity index (χ4n) is 0.725. The number of hydrogen-bond acceptors (Lipinski definition) is 2. The lowest BCUT2D eigenvalue weighted by atomic mass is 10.0. The highest BCUT2D eigenvalue weighted by atomic mass is 16.3. The molecule has 0 spiro atoms. The summed E-state index contributed by atoms with van der Waals surface area (Å²) in [5, 5.41) is 16.3. The minimum atomic E-state index is -0.925. The molecule has 1 atom stereocenters. The Hall–Kier alpha value is -0.630. The molecule has 0 radical (unpaired) electrons. The van der Waals surface area contributed by atoms with Crippen molar-refractivity contribution in [3.63, 3.8) is 0 Å². The Kier molecular flexibility index (Phi) is 4.04. The summed E-state index contributed by atoms with van der Waals surface area (Å²) in [6, 6.07) is 0. The summed E-state index contributed by atoms with van der Waals surface area (Å²) < 4.78 is 0. The van der Waals surface area contributed by atoms with Crippen LogP contribution in [0, 0.1) is 5.41 Å². The summed E-state index contributed by atoms with van der Waals surface area (Å²) in [4.78, 5) is 0. The molecule has 0 fully saturated rings. The summed E-state index contributed by atoms with van der Waals surface area (Å²) in [6.07, 6.45) is 4.62. The quantitative estimate of drug-likeness (QED) is 0.474. The Morgan fingerprint density at radius 2 is 2.09 bits per heavy atom. The molecule has 0 aromatic carbocycles. The summed E-state index contributed by atoms with van der Waals surface area (Å²) in [5.41, 5.74) is 0.331. The molecule has 0 aromatic heterocycles. The van der Waals surface area contributed by atoms with E-state index < -0.39 is 5.60 Å². The zero-order valence-corrected chi connectivity index (χ0v) is 7.52. The molecule has 0 bridgehead atoms. The maximum atomic E-state index is 9.36. The number of aliphatic hydroxyl groups is 1. The van der Waals surface area contributed by atoms with Crippen molar-refractivity contribution in [3.05, 3.63) is 11.6 Å². The topological polar surface area (TPSA) is 44.1 Å². The molecule has 0 amide bonds. The molecule has 0 aliphatic heterocycles. The standard InChI is InChI=1S/C9H17NO/c1-8(2)5-4-6-9(3,11)7-10/h5,7,10-11H,4,6H2,1-3H3. The first-order valence-corrected chi connectivity index (χ1v) is 3.85. The maximum absolute atomic E-state index is 9.36. The van der Waals surface area contributed by atoms with Gasteiger partial charge in [0.05, 0.1) is 5.60 Å². The van der Waals surface area contributed by atoms with Crippen LogP contribution in [0.25, 0.3) is 0 Å². The first-order valence-electron chi connectivity index (χ1n) is 3.85. The molecule has 64 valence electrons. The van der Waals surface area contributed by atoms with Gasteiger partial charge in [-0.15, -0.1) is 0 Å². The fraction of sp³-hybridized carbons (Fsp3) is 0.667. The summed E-state index contributed by atoms with van der Waals surface area (Å²) in [5.74, 6) is 0. The second-order valence-corrected chi connectivity index (χ2v) is 3.32. The number of nitrogens with one attached hydrogen (secondary N) is 1. The van der Waals surface area contributed by atoms with Crippen molar-refractivity contribution >= 4 is 6.21 Å². The van der Waals surface area contributed by atoms with Gasteiger partial charge in [0.25, 0.3) is 0 Å². The first-order chi connectivity index (χ1) is 4.98. The Morgan fingerprint density at radius 1 is 1.55 bits per heavy atom. The third kappa shape index (κ3) is 5.80. The van der Waals surface area contributed by atoms with Crippen molar-refractivity contribution in [3.8, 4) is 0 Å². The monoisotopic (exact) mass is 155 g/mol. The second-order valence-electron chi connectivity index (χ2n) is 3.32. The van der Waals surface area contributed by atoms with Gasteiger partial charge in [-0.2, -0.15) is 0 Å². The van der Waals surface area contributed by atoms with E-state index >= 15 is 0 Å². The Morgan fingerprint density at radius 3 is 2.45 bits per heavy atom. The Balaban J connectivity index is 3.71. The third-order valence-corrected chi connectivity index (χ3v) is 1.51. The van der Waals surface area contributed by atoms with Gasteiger partial charge in [0, 0.05) is 6.21 Å². The number of allylic oxidation sites excluding steroid dienone is 2. The summed E-state index contributed by atoms with van der Waals surface area (Å²) in [7, 11) is 0. The zero-order valence-electron chi connectivity index (χ0n) is 7.52. The molecular formula is C9H17NO. The van der Waals surface area contributed by atoms with Crippen LogP contribution in [0.4, 0.5) is 0 Å². The van der Waals surface area contributed by atoms with E-state index in [4.69, 9.17) is 5.41 Å². The zero-order chi connectivity index (χ0) is 8.91. The van der Waals surface area contributed by atoms with Crippen LogP contribution < -0.4 is 0 Å². The molecular weight excluding hydrogens is 138 g/mol. The molecule has 0 saturated heterocycles. The van der Waals surface area contributed by atoms with Crippen molar-refractivity contribution in [2.45, 2.75) is 39.2 Å². The van der Waals surface area contributed by atoms with Crippen molar-refractivity contribution in [2.24, 2.45) is 0 Å². The lowest BCUT2D eigenvalue weighted by Gasteiger charge is -2.15. The third-order valence-electron chi connectivity index (χ3n) is 1.51. The van der Waals surface area contributed by atoms with Gasteiger partial charge in [-0.1, -0.05) is 11.6 Å². The second kappa shape index (κ2) is 4.29. The molecule has 0 saturated carbocycles. The highest BCUT2D eigenvalue weighted by Gasteiger charge is 2.14. The van der Waals surface area contributed by atoms with Gasteiger partial charge in [-0.3, -0.25) is 0 Å². The highest BCUT2D eigenvalue weighted by Crippen LogP contribution is 2.09. The normalized spacial score (nSPS) is 15.3. The van der Waals surface area contributed by atoms with Crippen molar-refractivity contribution < 1.29 is 5.11 Å². The summed E-state index contributed by atoms with van der Waals surface area (Å²) in [6.45, 7) is 5.71. The summed E-state index contributed by atoms with van der Waals surface area (Å²) >= 11 is 0. The van der Waals surface area contributed by atoms with Gasteiger partial charge in [0.1, 0.15) is 0 Å². The van der Waals surface area contributed by atoms with Gasteiger partial charge < -0.3 is 10.5 Å². The van der Waals surface area contributed by atoms with E-state index in [1.54, 1.807) is 6.92 Å². The number of hydrogen-bond donors (Lipinski definition) is 2. The van der Waals surface area contributed by atoms with Crippen LogP contribution in [0.3, 0.4) is 0 Å². The maximum Gasteiger partial charge on any atom is 0.0965 e. The van der Waals surface area contributed by atoms with Crippen LogP contribution in [-0.4, -0.2) is 16.9 Å². The van der Waals surface area contributed by atoms with E-state index in [-0.39, 0.29) is 0 Å². The molecule has 2 N–H and O–H groups in total. The van der Waals surface area contributed by atoms with Gasteiger partial charge >= 0.3 is 0 Å². The van der Waals surface area contributed by atoms with E-state index in [1.807, 2.05) is 13.8 Å². The molecule has 0 heterocycles. The van der Waals surface area contributed by atoms with Crippen LogP contribution in [0.1, 0.15) is 33.6 Å². The van der Waals surface area contributed by atoms with Crippen LogP contribution >= 0.6 is 0 Å². The van der Waals surface area contributed by atoms with Crippen LogP contribution in [-0.2, 0) is 0 Å². The smallest absolute Gasteiger partial charge is 0.0965 e. The predicted octanol–water partition coefficient (Wildman–Crippen LogP) is 2.13. The number of rotatable bonds is 4. The van der Waals surface area contributed by atoms with E-state index in [2.05, 4.69) is 6.08 Å². The SMILES string of the molecule is CC(C)=CCCC(C)(O)C=N. The Labute approximate surface area is 68.4 Å². The molecule has 11 heavy (non-hydrogen) atoms. The molecule has 0 aromatic rings. The average Bonchev–Trinajstić information content (AvgIpc) is 1.87. The average molecular weight is 155 g/mol. The van der Waals surface area contributed by atoms with Crippen LogP contribution in [0.2, 0.25) is 0 Å². The van der Waals surface area contributed by atoms with Crippen LogP contribution in [0.15, 0.2) is 11.6 Å². The minimum absolute atomic E-state index is 0.627. The molecule has 2 heteroatoms. The fourth-order valence-corrected chi connectivity index (χ4v) is 0.725. The van der Waals surface area contributed by atoms with Gasteiger partial charge in [0.15, 0.2) is 0 Å². The first kappa shape index (κ1) is 10.4. The lowest BCUT2D eigenvalue weighted by Crippen LogP contribution is -2.24. The van der Waals surface area contributed by atoms with Gasteiger partial charge in [0.2, 0.25) is 0 Å². The predicted molar refractivity (Wildman–Crippen MR) is 48.1 cm³/mol. The van der Waals surface area contributed by atoms with E-state index in [9.17, 15) is 5.11 Å².